The average molecular weight is 305 g/mol. The first kappa shape index (κ1) is 16.3. The Hall–Kier alpha value is -2.04. The van der Waals surface area contributed by atoms with Crippen LogP contribution in [0.15, 0.2) is 36.1 Å². The van der Waals surface area contributed by atoms with Gasteiger partial charge in [0.1, 0.15) is 12.0 Å². The number of methoxy groups -OCH3 is 1. The lowest BCUT2D eigenvalue weighted by Crippen LogP contribution is -2.51. The Kier molecular flexibility index (Phi) is 5.06. The van der Waals surface area contributed by atoms with Crippen LogP contribution in [-0.4, -0.2) is 43.1 Å². The molecule has 0 amide bonds. The number of nitrogens with zero attached hydrogens (tertiary/aromatic N) is 1. The van der Waals surface area contributed by atoms with E-state index in [4.69, 9.17) is 9.47 Å². The predicted molar refractivity (Wildman–Crippen MR) is 82.8 cm³/mol. The summed E-state index contributed by atoms with van der Waals surface area (Å²) in [4.78, 5) is 26.3. The van der Waals surface area contributed by atoms with Gasteiger partial charge in [0.15, 0.2) is 0 Å². The van der Waals surface area contributed by atoms with E-state index in [0.717, 1.165) is 18.5 Å². The van der Waals surface area contributed by atoms with Crippen molar-refractivity contribution in [3.63, 3.8) is 0 Å². The second kappa shape index (κ2) is 6.81. The van der Waals surface area contributed by atoms with Crippen LogP contribution in [0.25, 0.3) is 0 Å². The van der Waals surface area contributed by atoms with Gasteiger partial charge in [-0.25, -0.2) is 4.79 Å². The fraction of sp³-hybridized carbons (Fsp3) is 0.529. The number of piperidine rings is 1. The molecular formula is C17H23NO4. The third-order valence-electron chi connectivity index (χ3n) is 4.43. The maximum Gasteiger partial charge on any atom is 0.338 e. The zero-order chi connectivity index (χ0) is 16.3. The van der Waals surface area contributed by atoms with Crippen LogP contribution >= 0.6 is 0 Å². The number of hydrogen-bond acceptors (Lipinski definition) is 5. The van der Waals surface area contributed by atoms with Crippen LogP contribution in [0.5, 0.6) is 0 Å². The van der Waals surface area contributed by atoms with Gasteiger partial charge in [-0.1, -0.05) is 24.8 Å². The van der Waals surface area contributed by atoms with E-state index < -0.39 is 12.0 Å². The minimum absolute atomic E-state index is 0.137. The van der Waals surface area contributed by atoms with Crippen molar-refractivity contribution >= 4 is 11.9 Å². The van der Waals surface area contributed by atoms with Crippen LogP contribution in [0, 0.1) is 5.92 Å². The van der Waals surface area contributed by atoms with Gasteiger partial charge in [0, 0.05) is 25.2 Å². The van der Waals surface area contributed by atoms with E-state index in [1.165, 1.54) is 7.11 Å². The van der Waals surface area contributed by atoms with Crippen molar-refractivity contribution in [2.24, 2.45) is 5.92 Å². The Morgan fingerprint density at radius 2 is 2.09 bits per heavy atom. The van der Waals surface area contributed by atoms with Crippen LogP contribution in [0.1, 0.15) is 26.2 Å². The zero-order valence-corrected chi connectivity index (χ0v) is 13.4. The van der Waals surface area contributed by atoms with E-state index in [-0.39, 0.29) is 18.0 Å². The Balaban J connectivity index is 2.16. The molecule has 5 heteroatoms. The van der Waals surface area contributed by atoms with Gasteiger partial charge in [0.25, 0.3) is 0 Å². The second-order valence-corrected chi connectivity index (χ2v) is 5.75. The molecule has 0 aromatic heterocycles. The first-order valence-corrected chi connectivity index (χ1v) is 7.51. The normalized spacial score (nSPS) is 28.1. The molecule has 0 N–H and O–H groups in total. The lowest BCUT2D eigenvalue weighted by Gasteiger charge is -2.42. The van der Waals surface area contributed by atoms with Crippen LogP contribution < -0.4 is 0 Å². The van der Waals surface area contributed by atoms with Crippen molar-refractivity contribution in [3.8, 4) is 0 Å². The first-order valence-electron chi connectivity index (χ1n) is 7.51. The maximum atomic E-state index is 12.3. The minimum atomic E-state index is -0.546. The first-order chi connectivity index (χ1) is 10.5. The lowest BCUT2D eigenvalue weighted by molar-refractivity contribution is -0.163. The molecule has 1 aliphatic heterocycles. The molecular weight excluding hydrogens is 282 g/mol. The van der Waals surface area contributed by atoms with Crippen molar-refractivity contribution in [1.29, 1.82) is 0 Å². The summed E-state index contributed by atoms with van der Waals surface area (Å²) in [5.74, 6) is -1.27. The summed E-state index contributed by atoms with van der Waals surface area (Å²) in [6, 6.07) is -0.137. The molecule has 1 aliphatic carbocycles. The highest BCUT2D eigenvalue weighted by molar-refractivity contribution is 5.92. The van der Waals surface area contributed by atoms with Gasteiger partial charge in [-0.05, 0) is 19.8 Å². The summed E-state index contributed by atoms with van der Waals surface area (Å²) >= 11 is 0. The van der Waals surface area contributed by atoms with Gasteiger partial charge in [-0.15, -0.1) is 0 Å². The van der Waals surface area contributed by atoms with Crippen molar-refractivity contribution in [2.45, 2.75) is 38.3 Å². The molecule has 0 aromatic carbocycles. The molecule has 3 unspecified atom stereocenters. The fourth-order valence-electron chi connectivity index (χ4n) is 2.91. The third kappa shape index (κ3) is 3.24. The van der Waals surface area contributed by atoms with Crippen LogP contribution in [0.3, 0.4) is 0 Å². The highest BCUT2D eigenvalue weighted by atomic mass is 16.6. The van der Waals surface area contributed by atoms with Crippen LogP contribution in [-0.2, 0) is 19.1 Å². The van der Waals surface area contributed by atoms with Gasteiger partial charge >= 0.3 is 11.9 Å². The third-order valence-corrected chi connectivity index (χ3v) is 4.43. The highest BCUT2D eigenvalue weighted by Crippen LogP contribution is 2.32. The molecule has 0 radical (unpaired) electrons. The SMILES string of the molecule is C=C1CC(OC(=O)C2=CCCC=C2)C(C(=O)OC)C(C)N1C. The van der Waals surface area contributed by atoms with Crippen molar-refractivity contribution in [1.82, 2.24) is 4.90 Å². The number of carbonyl (C=O) groups excluding carboxylic acids is 2. The smallest absolute Gasteiger partial charge is 0.338 e. The fourth-order valence-corrected chi connectivity index (χ4v) is 2.91. The average Bonchev–Trinajstić information content (AvgIpc) is 2.53. The predicted octanol–water partition coefficient (Wildman–Crippen LogP) is 2.20. The number of esters is 2. The van der Waals surface area contributed by atoms with E-state index in [2.05, 4.69) is 6.58 Å². The Morgan fingerprint density at radius 1 is 1.36 bits per heavy atom. The molecule has 1 saturated heterocycles. The van der Waals surface area contributed by atoms with Gasteiger partial charge in [-0.3, -0.25) is 4.79 Å². The van der Waals surface area contributed by atoms with E-state index in [1.807, 2.05) is 31.0 Å². The van der Waals surface area contributed by atoms with Gasteiger partial charge < -0.3 is 14.4 Å². The molecule has 1 fully saturated rings. The number of rotatable bonds is 3. The topological polar surface area (TPSA) is 55.8 Å². The molecule has 3 atom stereocenters. The summed E-state index contributed by atoms with van der Waals surface area (Å²) in [5.41, 5.74) is 1.39. The van der Waals surface area contributed by atoms with E-state index in [1.54, 1.807) is 6.08 Å². The molecule has 0 saturated carbocycles. The highest BCUT2D eigenvalue weighted by Gasteiger charge is 2.43. The molecule has 0 spiro atoms. The molecule has 5 nitrogen and oxygen atoms in total. The monoisotopic (exact) mass is 305 g/mol. The number of likely N-dealkylation sites (tertiary alicyclic amines) is 1. The van der Waals surface area contributed by atoms with Crippen molar-refractivity contribution in [2.75, 3.05) is 14.2 Å². The lowest BCUT2D eigenvalue weighted by atomic mass is 9.86. The molecule has 120 valence electrons. The van der Waals surface area contributed by atoms with E-state index in [9.17, 15) is 9.59 Å². The van der Waals surface area contributed by atoms with Crippen molar-refractivity contribution < 1.29 is 19.1 Å². The molecule has 22 heavy (non-hydrogen) atoms. The molecule has 2 rings (SSSR count). The number of allylic oxidation sites excluding steroid dienone is 2. The maximum absolute atomic E-state index is 12.3. The zero-order valence-electron chi connectivity index (χ0n) is 13.4. The van der Waals surface area contributed by atoms with Crippen LogP contribution in [0.2, 0.25) is 0 Å². The minimum Gasteiger partial charge on any atom is -0.469 e. The Bertz CT molecular complexity index is 535. The summed E-state index contributed by atoms with van der Waals surface area (Å²) in [5, 5.41) is 0. The Morgan fingerprint density at radius 3 is 2.68 bits per heavy atom. The van der Waals surface area contributed by atoms with Crippen LogP contribution in [0.4, 0.5) is 0 Å². The Labute approximate surface area is 131 Å². The molecule has 1 heterocycles. The van der Waals surface area contributed by atoms with E-state index in [0.29, 0.717) is 12.0 Å². The quantitative estimate of drug-likeness (QED) is 0.748. The number of hydrogen-bond donors (Lipinski definition) is 0. The molecule has 0 bridgehead atoms. The molecule has 0 aromatic rings. The van der Waals surface area contributed by atoms with Crippen molar-refractivity contribution in [3.05, 3.63) is 36.1 Å². The summed E-state index contributed by atoms with van der Waals surface area (Å²) in [6.07, 6.45) is 7.24. The standard InChI is InChI=1S/C17H23NO4/c1-11-10-14(15(17(20)21-4)12(2)18(11)3)22-16(19)13-8-6-5-7-9-13/h6,8-9,12,14-15H,1,5,7,10H2,2-4H3. The summed E-state index contributed by atoms with van der Waals surface area (Å²) < 4.78 is 10.5. The van der Waals surface area contributed by atoms with E-state index >= 15 is 0 Å². The summed E-state index contributed by atoms with van der Waals surface area (Å²) in [7, 11) is 3.23. The van der Waals surface area contributed by atoms with Gasteiger partial charge in [0.2, 0.25) is 0 Å². The second-order valence-electron chi connectivity index (χ2n) is 5.75. The summed E-state index contributed by atoms with van der Waals surface area (Å²) in [6.45, 7) is 5.90. The number of carbonyl (C=O) groups is 2. The molecule has 2 aliphatic rings. The van der Waals surface area contributed by atoms with Gasteiger partial charge in [0.05, 0.1) is 12.7 Å². The number of ether oxygens (including phenoxy) is 2. The largest absolute Gasteiger partial charge is 0.469 e. The van der Waals surface area contributed by atoms with Gasteiger partial charge in [-0.2, -0.15) is 0 Å².